The van der Waals surface area contributed by atoms with Crippen molar-refractivity contribution in [2.75, 3.05) is 6.54 Å². The summed E-state index contributed by atoms with van der Waals surface area (Å²) in [6, 6.07) is -0.408. The molecule has 84 valence electrons. The zero-order valence-electron chi connectivity index (χ0n) is 9.20. The Bertz CT molecular complexity index is 189. The van der Waals surface area contributed by atoms with Crippen molar-refractivity contribution in [1.82, 2.24) is 5.32 Å². The highest BCUT2D eigenvalue weighted by atomic mass is 16.6. The topological polar surface area (TPSA) is 84.6 Å². The molecule has 0 saturated heterocycles. The monoisotopic (exact) mass is 204 g/mol. The van der Waals surface area contributed by atoms with Crippen LogP contribution in [0, 0.1) is 0 Å². The molecule has 0 aromatic carbocycles. The number of nitrogens with two attached hydrogens (primary N) is 1. The first kappa shape index (κ1) is 13.2. The van der Waals surface area contributed by atoms with Crippen molar-refractivity contribution in [3.05, 3.63) is 0 Å². The number of rotatable bonds is 3. The maximum Gasteiger partial charge on any atom is 0.407 e. The van der Waals surface area contributed by atoms with E-state index in [-0.39, 0.29) is 6.54 Å². The minimum absolute atomic E-state index is 0.108. The third-order valence-electron chi connectivity index (χ3n) is 1.56. The fraction of sp³-hybridized carbons (Fsp3) is 0.889. The molecule has 0 bridgehead atoms. The Hall–Kier alpha value is -0.810. The summed E-state index contributed by atoms with van der Waals surface area (Å²) < 4.78 is 5.00. The van der Waals surface area contributed by atoms with E-state index in [1.165, 1.54) is 0 Å². The van der Waals surface area contributed by atoms with Crippen molar-refractivity contribution in [3.63, 3.8) is 0 Å². The number of hydrogen-bond acceptors (Lipinski definition) is 4. The highest BCUT2D eigenvalue weighted by Gasteiger charge is 2.20. The van der Waals surface area contributed by atoms with Gasteiger partial charge in [0.2, 0.25) is 0 Å². The van der Waals surface area contributed by atoms with Crippen LogP contribution in [0.2, 0.25) is 0 Å². The second kappa shape index (κ2) is 5.17. The average Bonchev–Trinajstić information content (AvgIpc) is 1.99. The Morgan fingerprint density at radius 1 is 1.57 bits per heavy atom. The van der Waals surface area contributed by atoms with Crippen molar-refractivity contribution in [2.45, 2.75) is 45.4 Å². The van der Waals surface area contributed by atoms with E-state index in [2.05, 4.69) is 5.32 Å². The highest BCUT2D eigenvalue weighted by Crippen LogP contribution is 2.06. The normalized spacial score (nSPS) is 15.9. The molecule has 0 rings (SSSR count). The summed E-state index contributed by atoms with van der Waals surface area (Å²) in [5.41, 5.74) is 4.70. The van der Waals surface area contributed by atoms with Gasteiger partial charge < -0.3 is 20.9 Å². The average molecular weight is 204 g/mol. The molecule has 5 heteroatoms. The third kappa shape index (κ3) is 5.77. The second-order valence-corrected chi connectivity index (χ2v) is 4.24. The van der Waals surface area contributed by atoms with Gasteiger partial charge in [-0.1, -0.05) is 0 Å². The maximum atomic E-state index is 11.2. The Labute approximate surface area is 84.6 Å². The molecule has 0 aliphatic rings. The van der Waals surface area contributed by atoms with Crippen LogP contribution in [-0.4, -0.2) is 35.5 Å². The summed E-state index contributed by atoms with van der Waals surface area (Å²) in [5, 5.41) is 11.8. The van der Waals surface area contributed by atoms with Crippen LogP contribution in [0.1, 0.15) is 27.7 Å². The van der Waals surface area contributed by atoms with Crippen molar-refractivity contribution >= 4 is 6.09 Å². The van der Waals surface area contributed by atoms with Crippen LogP contribution in [0.15, 0.2) is 0 Å². The van der Waals surface area contributed by atoms with Crippen LogP contribution in [0.3, 0.4) is 0 Å². The molecular weight excluding hydrogens is 184 g/mol. The molecule has 5 nitrogen and oxygen atoms in total. The molecule has 4 N–H and O–H groups in total. The van der Waals surface area contributed by atoms with Gasteiger partial charge in [-0.2, -0.15) is 0 Å². The smallest absolute Gasteiger partial charge is 0.407 e. The number of aliphatic hydroxyl groups excluding tert-OH is 1. The van der Waals surface area contributed by atoms with Crippen molar-refractivity contribution in [3.8, 4) is 0 Å². The highest BCUT2D eigenvalue weighted by molar-refractivity contribution is 5.68. The van der Waals surface area contributed by atoms with Crippen LogP contribution in [-0.2, 0) is 4.74 Å². The van der Waals surface area contributed by atoms with Crippen LogP contribution in [0.5, 0.6) is 0 Å². The number of nitrogens with one attached hydrogen (secondary N) is 1. The zero-order chi connectivity index (χ0) is 11.4. The minimum atomic E-state index is -0.748. The van der Waals surface area contributed by atoms with Crippen LogP contribution in [0.25, 0.3) is 0 Å². The van der Waals surface area contributed by atoms with Crippen LogP contribution >= 0.6 is 0 Å². The number of amides is 1. The Balaban J connectivity index is 3.95. The largest absolute Gasteiger partial charge is 0.444 e. The van der Waals surface area contributed by atoms with E-state index in [1.54, 1.807) is 27.7 Å². The number of carbonyl (C=O) groups is 1. The minimum Gasteiger partial charge on any atom is -0.444 e. The van der Waals surface area contributed by atoms with Crippen LogP contribution in [0.4, 0.5) is 4.79 Å². The summed E-state index contributed by atoms with van der Waals surface area (Å²) in [7, 11) is 0. The van der Waals surface area contributed by atoms with Gasteiger partial charge in [-0.25, -0.2) is 4.79 Å². The number of aliphatic hydroxyl groups is 1. The number of hydrogen-bond donors (Lipinski definition) is 3. The van der Waals surface area contributed by atoms with Crippen LogP contribution < -0.4 is 11.1 Å². The molecule has 0 aromatic heterocycles. The summed E-state index contributed by atoms with van der Waals surface area (Å²) in [6.45, 7) is 7.10. The number of ether oxygens (including phenoxy) is 1. The van der Waals surface area contributed by atoms with Gasteiger partial charge in [0.1, 0.15) is 5.60 Å². The summed E-state index contributed by atoms with van der Waals surface area (Å²) >= 11 is 0. The van der Waals surface area contributed by atoms with Gasteiger partial charge in [0.15, 0.2) is 0 Å². The van der Waals surface area contributed by atoms with E-state index in [9.17, 15) is 9.90 Å². The van der Waals surface area contributed by atoms with Crippen molar-refractivity contribution in [1.29, 1.82) is 0 Å². The molecular formula is C9H20N2O3. The Morgan fingerprint density at radius 3 is 2.43 bits per heavy atom. The molecule has 0 aliphatic heterocycles. The fourth-order valence-corrected chi connectivity index (χ4v) is 0.794. The van der Waals surface area contributed by atoms with Gasteiger partial charge in [-0.3, -0.25) is 0 Å². The predicted octanol–water partition coefficient (Wildman–Crippen LogP) is 0.219. The summed E-state index contributed by atoms with van der Waals surface area (Å²) in [6.07, 6.45) is -1.29. The van der Waals surface area contributed by atoms with E-state index in [0.29, 0.717) is 0 Å². The van der Waals surface area contributed by atoms with E-state index in [1.807, 2.05) is 0 Å². The van der Waals surface area contributed by atoms with Gasteiger partial charge in [0.25, 0.3) is 0 Å². The molecule has 2 atom stereocenters. The second-order valence-electron chi connectivity index (χ2n) is 4.24. The summed E-state index contributed by atoms with van der Waals surface area (Å²) in [5.74, 6) is 0. The van der Waals surface area contributed by atoms with Gasteiger partial charge in [-0.15, -0.1) is 0 Å². The lowest BCUT2D eigenvalue weighted by atomic mass is 10.2. The first-order chi connectivity index (χ1) is 6.26. The molecule has 0 aromatic rings. The molecule has 14 heavy (non-hydrogen) atoms. The third-order valence-corrected chi connectivity index (χ3v) is 1.56. The fourth-order valence-electron chi connectivity index (χ4n) is 0.794. The maximum absolute atomic E-state index is 11.2. The van der Waals surface area contributed by atoms with E-state index in [0.717, 1.165) is 0 Å². The SMILES string of the molecule is C[C@@H](NC(=O)OC(C)(C)C)[C@H](O)CN. The summed E-state index contributed by atoms with van der Waals surface area (Å²) in [4.78, 5) is 11.2. The molecule has 0 heterocycles. The van der Waals surface area contributed by atoms with Crippen molar-refractivity contribution < 1.29 is 14.6 Å². The number of alkyl carbamates (subject to hydrolysis) is 1. The standard InChI is InChI=1S/C9H20N2O3/c1-6(7(12)5-10)11-8(13)14-9(2,3)4/h6-7,12H,5,10H2,1-4H3,(H,11,13)/t6-,7-/m1/s1. The molecule has 0 spiro atoms. The van der Waals surface area contributed by atoms with Gasteiger partial charge >= 0.3 is 6.09 Å². The lowest BCUT2D eigenvalue weighted by Crippen LogP contribution is -2.46. The molecule has 0 aliphatic carbocycles. The Morgan fingerprint density at radius 2 is 2.07 bits per heavy atom. The van der Waals surface area contributed by atoms with E-state index >= 15 is 0 Å². The van der Waals surface area contributed by atoms with Crippen molar-refractivity contribution in [2.24, 2.45) is 5.73 Å². The van der Waals surface area contributed by atoms with Gasteiger partial charge in [0, 0.05) is 6.54 Å². The molecule has 0 unspecified atom stereocenters. The predicted molar refractivity (Wildman–Crippen MR) is 53.9 cm³/mol. The quantitative estimate of drug-likeness (QED) is 0.614. The first-order valence-corrected chi connectivity index (χ1v) is 4.64. The lowest BCUT2D eigenvalue weighted by Gasteiger charge is -2.23. The molecule has 0 saturated carbocycles. The number of carbonyl (C=O) groups excluding carboxylic acids is 1. The zero-order valence-corrected chi connectivity index (χ0v) is 9.20. The molecule has 0 radical (unpaired) electrons. The molecule has 0 fully saturated rings. The van der Waals surface area contributed by atoms with E-state index in [4.69, 9.17) is 10.5 Å². The Kier molecular flexibility index (Phi) is 4.87. The van der Waals surface area contributed by atoms with Gasteiger partial charge in [0.05, 0.1) is 12.1 Å². The lowest BCUT2D eigenvalue weighted by molar-refractivity contribution is 0.0443. The first-order valence-electron chi connectivity index (χ1n) is 4.64. The molecule has 1 amide bonds. The van der Waals surface area contributed by atoms with E-state index < -0.39 is 23.8 Å². The van der Waals surface area contributed by atoms with Gasteiger partial charge in [-0.05, 0) is 27.7 Å².